The van der Waals surface area contributed by atoms with E-state index in [1.807, 2.05) is 42.5 Å². The number of amides is 2. The molecule has 31 heavy (non-hydrogen) atoms. The van der Waals surface area contributed by atoms with Crippen LogP contribution in [0.1, 0.15) is 32.8 Å². The fraction of sp³-hybridized carbons (Fsp3) is 0.304. The van der Waals surface area contributed by atoms with Crippen molar-refractivity contribution in [2.45, 2.75) is 39.3 Å². The summed E-state index contributed by atoms with van der Waals surface area (Å²) in [7, 11) is 0. The molecule has 3 aromatic rings. The van der Waals surface area contributed by atoms with Gasteiger partial charge in [0.05, 0.1) is 11.1 Å². The Morgan fingerprint density at radius 3 is 2.52 bits per heavy atom. The number of benzene rings is 2. The first-order valence-corrected chi connectivity index (χ1v) is 10.0. The van der Waals surface area contributed by atoms with Crippen LogP contribution in [-0.2, 0) is 16.1 Å². The number of hydrogen-bond acceptors (Lipinski definition) is 5. The fourth-order valence-corrected chi connectivity index (χ4v) is 3.04. The molecule has 0 bridgehead atoms. The maximum absolute atomic E-state index is 12.1. The van der Waals surface area contributed by atoms with Crippen molar-refractivity contribution >= 4 is 22.8 Å². The molecule has 0 spiro atoms. The van der Waals surface area contributed by atoms with Crippen LogP contribution in [0.2, 0.25) is 0 Å². The summed E-state index contributed by atoms with van der Waals surface area (Å²) in [4.78, 5) is 35.7. The van der Waals surface area contributed by atoms with Crippen LogP contribution in [0.4, 0.5) is 4.79 Å². The van der Waals surface area contributed by atoms with Gasteiger partial charge < -0.3 is 15.4 Å². The summed E-state index contributed by atoms with van der Waals surface area (Å²) in [5.41, 5.74) is 1.59. The number of nitrogens with one attached hydrogen (secondary N) is 3. The topological polar surface area (TPSA) is 113 Å². The normalized spacial score (nSPS) is 11.2. The number of nitrogens with zero attached hydrogens (tertiary/aromatic N) is 1. The van der Waals surface area contributed by atoms with Gasteiger partial charge in [-0.25, -0.2) is 9.89 Å². The van der Waals surface area contributed by atoms with Gasteiger partial charge in [0.2, 0.25) is 5.91 Å². The first-order chi connectivity index (χ1) is 14.7. The predicted octanol–water partition coefficient (Wildman–Crippen LogP) is 3.12. The number of aromatic amines is 1. The molecule has 8 heteroatoms. The standard InChI is InChI=1S/C23H26N4O4/c1-23(2,3)31-22(30)24-12-11-19(28)25-14-15-7-6-8-16(13-15)20-17-9-4-5-10-18(17)21(29)27-26-20/h4-10,13H,11-12,14H2,1-3H3,(H,24,30)(H,25,28)(H,27,29). The molecule has 0 aliphatic rings. The van der Waals surface area contributed by atoms with E-state index in [9.17, 15) is 14.4 Å². The number of carbonyl (C=O) groups excluding carboxylic acids is 2. The van der Waals surface area contributed by atoms with E-state index in [-0.39, 0.29) is 24.4 Å². The number of rotatable bonds is 6. The monoisotopic (exact) mass is 422 g/mol. The van der Waals surface area contributed by atoms with Gasteiger partial charge in [-0.15, -0.1) is 0 Å². The molecule has 8 nitrogen and oxygen atoms in total. The van der Waals surface area contributed by atoms with Crippen LogP contribution in [0, 0.1) is 0 Å². The van der Waals surface area contributed by atoms with Gasteiger partial charge >= 0.3 is 6.09 Å². The molecule has 1 heterocycles. The van der Waals surface area contributed by atoms with Crippen molar-refractivity contribution in [3.8, 4) is 11.3 Å². The smallest absolute Gasteiger partial charge is 0.407 e. The van der Waals surface area contributed by atoms with Crippen LogP contribution in [-0.4, -0.2) is 34.3 Å². The second-order valence-corrected chi connectivity index (χ2v) is 8.10. The Morgan fingerprint density at radius 1 is 1.03 bits per heavy atom. The Hall–Kier alpha value is -3.68. The molecule has 0 aliphatic heterocycles. The molecule has 0 radical (unpaired) electrons. The molecular formula is C23H26N4O4. The van der Waals surface area contributed by atoms with Crippen molar-refractivity contribution in [3.63, 3.8) is 0 Å². The van der Waals surface area contributed by atoms with E-state index in [1.165, 1.54) is 0 Å². The Kier molecular flexibility index (Phi) is 6.69. The van der Waals surface area contributed by atoms with E-state index < -0.39 is 11.7 Å². The van der Waals surface area contributed by atoms with E-state index in [0.717, 1.165) is 16.5 Å². The Bertz CT molecular complexity index is 1150. The number of alkyl carbamates (subject to hydrolysis) is 1. The Morgan fingerprint density at radius 2 is 1.77 bits per heavy atom. The molecule has 0 atom stereocenters. The fourth-order valence-electron chi connectivity index (χ4n) is 3.04. The van der Waals surface area contributed by atoms with Crippen LogP contribution in [0.5, 0.6) is 0 Å². The first kappa shape index (κ1) is 22.0. The summed E-state index contributed by atoms with van der Waals surface area (Å²) in [6, 6.07) is 14.9. The molecule has 0 aliphatic carbocycles. The number of carbonyl (C=O) groups is 2. The van der Waals surface area contributed by atoms with E-state index in [2.05, 4.69) is 20.8 Å². The molecule has 0 fully saturated rings. The third kappa shape index (κ3) is 6.15. The van der Waals surface area contributed by atoms with Gasteiger partial charge in [-0.2, -0.15) is 5.10 Å². The van der Waals surface area contributed by atoms with Gasteiger partial charge in [0.1, 0.15) is 5.60 Å². The van der Waals surface area contributed by atoms with Crippen molar-refractivity contribution in [2.75, 3.05) is 6.54 Å². The maximum Gasteiger partial charge on any atom is 0.407 e. The summed E-state index contributed by atoms with van der Waals surface area (Å²) in [6.45, 7) is 5.85. The minimum absolute atomic E-state index is 0.144. The van der Waals surface area contributed by atoms with Gasteiger partial charge in [0.15, 0.2) is 0 Å². The van der Waals surface area contributed by atoms with E-state index in [1.54, 1.807) is 26.8 Å². The second-order valence-electron chi connectivity index (χ2n) is 8.10. The van der Waals surface area contributed by atoms with Crippen LogP contribution in [0.3, 0.4) is 0 Å². The summed E-state index contributed by atoms with van der Waals surface area (Å²) < 4.78 is 5.13. The highest BCUT2D eigenvalue weighted by Gasteiger charge is 2.16. The number of ether oxygens (including phenoxy) is 1. The third-order valence-corrected chi connectivity index (χ3v) is 4.41. The van der Waals surface area contributed by atoms with Gasteiger partial charge in [-0.05, 0) is 38.5 Å². The zero-order valence-corrected chi connectivity index (χ0v) is 17.8. The lowest BCUT2D eigenvalue weighted by molar-refractivity contribution is -0.121. The summed E-state index contributed by atoms with van der Waals surface area (Å²) in [5, 5.41) is 13.5. The average molecular weight is 422 g/mol. The van der Waals surface area contributed by atoms with E-state index in [0.29, 0.717) is 17.6 Å². The lowest BCUT2D eigenvalue weighted by atomic mass is 10.0. The number of aromatic nitrogens is 2. The number of fused-ring (bicyclic) bond motifs is 1. The van der Waals surface area contributed by atoms with Crippen molar-refractivity contribution in [1.82, 2.24) is 20.8 Å². The summed E-state index contributed by atoms with van der Waals surface area (Å²) in [6.07, 6.45) is -0.404. The number of H-pyrrole nitrogens is 1. The lowest BCUT2D eigenvalue weighted by Gasteiger charge is -2.19. The van der Waals surface area contributed by atoms with Crippen molar-refractivity contribution in [2.24, 2.45) is 0 Å². The minimum atomic E-state index is -0.580. The SMILES string of the molecule is CC(C)(C)OC(=O)NCCC(=O)NCc1cccc(-c2n[nH]c(=O)c3ccccc23)c1. The van der Waals surface area contributed by atoms with Crippen LogP contribution in [0.15, 0.2) is 53.3 Å². The highest BCUT2D eigenvalue weighted by atomic mass is 16.6. The van der Waals surface area contributed by atoms with Crippen molar-refractivity contribution in [3.05, 3.63) is 64.4 Å². The van der Waals surface area contributed by atoms with Gasteiger partial charge in [-0.1, -0.05) is 36.4 Å². The van der Waals surface area contributed by atoms with Gasteiger partial charge in [0, 0.05) is 30.5 Å². The highest BCUT2D eigenvalue weighted by Crippen LogP contribution is 2.24. The van der Waals surface area contributed by atoms with Crippen LogP contribution >= 0.6 is 0 Å². The molecule has 1 aromatic heterocycles. The molecule has 0 saturated heterocycles. The van der Waals surface area contributed by atoms with Crippen LogP contribution < -0.4 is 16.2 Å². The van der Waals surface area contributed by atoms with Gasteiger partial charge in [0.25, 0.3) is 5.56 Å². The van der Waals surface area contributed by atoms with Crippen LogP contribution in [0.25, 0.3) is 22.0 Å². The predicted molar refractivity (Wildman–Crippen MR) is 119 cm³/mol. The minimum Gasteiger partial charge on any atom is -0.444 e. The molecule has 0 unspecified atom stereocenters. The molecule has 162 valence electrons. The zero-order chi connectivity index (χ0) is 22.4. The van der Waals surface area contributed by atoms with E-state index >= 15 is 0 Å². The van der Waals surface area contributed by atoms with E-state index in [4.69, 9.17) is 4.74 Å². The zero-order valence-electron chi connectivity index (χ0n) is 17.8. The third-order valence-electron chi connectivity index (χ3n) is 4.41. The summed E-state index contributed by atoms with van der Waals surface area (Å²) in [5.74, 6) is -0.186. The summed E-state index contributed by atoms with van der Waals surface area (Å²) >= 11 is 0. The average Bonchev–Trinajstić information content (AvgIpc) is 2.72. The number of hydrogen-bond donors (Lipinski definition) is 3. The molecule has 3 N–H and O–H groups in total. The molecule has 2 aromatic carbocycles. The van der Waals surface area contributed by atoms with Crippen molar-refractivity contribution < 1.29 is 14.3 Å². The molecular weight excluding hydrogens is 396 g/mol. The quantitative estimate of drug-likeness (QED) is 0.565. The lowest BCUT2D eigenvalue weighted by Crippen LogP contribution is -2.35. The van der Waals surface area contributed by atoms with Gasteiger partial charge in [-0.3, -0.25) is 9.59 Å². The largest absolute Gasteiger partial charge is 0.444 e. The van der Waals surface area contributed by atoms with Crippen molar-refractivity contribution in [1.29, 1.82) is 0 Å². The molecule has 0 saturated carbocycles. The Labute approximate surface area is 180 Å². The second kappa shape index (κ2) is 9.42. The molecule has 2 amide bonds. The molecule has 3 rings (SSSR count). The first-order valence-electron chi connectivity index (χ1n) is 10.0. The highest BCUT2D eigenvalue weighted by molar-refractivity contribution is 5.93. The Balaban J connectivity index is 1.60. The maximum atomic E-state index is 12.1.